The Morgan fingerprint density at radius 2 is 1.81 bits per heavy atom. The summed E-state index contributed by atoms with van der Waals surface area (Å²) in [6.07, 6.45) is 13.0. The Kier molecular flexibility index (Phi) is 5.40. The summed E-state index contributed by atoms with van der Waals surface area (Å²) in [5.41, 5.74) is 1.92. The zero-order valence-corrected chi connectivity index (χ0v) is 16.9. The lowest BCUT2D eigenvalue weighted by molar-refractivity contribution is -0.132. The molecular weight excluding hydrogens is 336 g/mol. The number of nitrogens with one attached hydrogen (secondary N) is 1. The molecule has 3 aliphatic rings. The molecule has 1 aromatic rings. The number of amides is 2. The summed E-state index contributed by atoms with van der Waals surface area (Å²) in [5.74, 6) is 0. The second-order valence-corrected chi connectivity index (χ2v) is 9.10. The van der Waals surface area contributed by atoms with E-state index in [9.17, 15) is 4.79 Å². The van der Waals surface area contributed by atoms with Crippen LogP contribution in [0.3, 0.4) is 0 Å². The van der Waals surface area contributed by atoms with Gasteiger partial charge in [0, 0.05) is 55.6 Å². The number of nitrogens with zero attached hydrogens (tertiary/aromatic N) is 3. The largest absolute Gasteiger partial charge is 0.336 e. The number of aromatic nitrogens is 1. The first-order valence-electron chi connectivity index (χ1n) is 10.8. The zero-order valence-electron chi connectivity index (χ0n) is 16.9. The van der Waals surface area contributed by atoms with Crippen molar-refractivity contribution in [2.75, 3.05) is 19.6 Å². The number of rotatable bonds is 3. The number of likely N-dealkylation sites (tertiary alicyclic amines) is 2. The minimum atomic E-state index is 0.0986. The minimum Gasteiger partial charge on any atom is -0.336 e. The van der Waals surface area contributed by atoms with E-state index in [-0.39, 0.29) is 12.1 Å². The molecule has 3 heterocycles. The molecule has 27 heavy (non-hydrogen) atoms. The fraction of sp³-hybridized carbons (Fsp3) is 0.727. The molecule has 1 unspecified atom stereocenters. The van der Waals surface area contributed by atoms with Crippen molar-refractivity contribution >= 4 is 6.03 Å². The number of pyridine rings is 1. The Bertz CT molecular complexity index is 633. The topological polar surface area (TPSA) is 48.5 Å². The Hall–Kier alpha value is -1.62. The summed E-state index contributed by atoms with van der Waals surface area (Å²) in [5, 5.41) is 3.03. The van der Waals surface area contributed by atoms with Crippen molar-refractivity contribution in [3.63, 3.8) is 0 Å². The smallest absolute Gasteiger partial charge is 0.317 e. The predicted octanol–water partition coefficient (Wildman–Crippen LogP) is 3.97. The molecule has 1 spiro atoms. The Balaban J connectivity index is 1.44. The molecule has 2 saturated heterocycles. The van der Waals surface area contributed by atoms with Gasteiger partial charge in [0.25, 0.3) is 0 Å². The molecule has 5 nitrogen and oxygen atoms in total. The third-order valence-corrected chi connectivity index (χ3v) is 6.91. The van der Waals surface area contributed by atoms with Gasteiger partial charge in [-0.15, -0.1) is 0 Å². The van der Waals surface area contributed by atoms with Crippen molar-refractivity contribution in [1.29, 1.82) is 0 Å². The van der Waals surface area contributed by atoms with E-state index in [4.69, 9.17) is 0 Å². The molecule has 5 heteroatoms. The van der Waals surface area contributed by atoms with Crippen LogP contribution < -0.4 is 5.32 Å². The third kappa shape index (κ3) is 3.71. The predicted molar refractivity (Wildman–Crippen MR) is 107 cm³/mol. The molecule has 0 bridgehead atoms. The number of piperidine rings is 1. The summed E-state index contributed by atoms with van der Waals surface area (Å²) >= 11 is 0. The average molecular weight is 371 g/mol. The second-order valence-electron chi connectivity index (χ2n) is 9.10. The van der Waals surface area contributed by atoms with E-state index < -0.39 is 0 Å². The lowest BCUT2D eigenvalue weighted by atomic mass is 9.60. The fourth-order valence-electron chi connectivity index (χ4n) is 5.64. The number of urea groups is 1. The van der Waals surface area contributed by atoms with E-state index in [0.717, 1.165) is 25.9 Å². The Morgan fingerprint density at radius 1 is 1.15 bits per heavy atom. The van der Waals surface area contributed by atoms with Crippen molar-refractivity contribution in [2.45, 2.75) is 76.9 Å². The highest BCUT2D eigenvalue weighted by Gasteiger charge is 2.54. The quantitative estimate of drug-likeness (QED) is 0.876. The van der Waals surface area contributed by atoms with Gasteiger partial charge in [-0.2, -0.15) is 0 Å². The molecule has 0 radical (unpaired) electrons. The van der Waals surface area contributed by atoms with Crippen molar-refractivity contribution in [2.24, 2.45) is 5.41 Å². The molecule has 4 rings (SSSR count). The number of hydrogen-bond acceptors (Lipinski definition) is 3. The molecule has 3 fully saturated rings. The fourth-order valence-corrected chi connectivity index (χ4v) is 5.64. The van der Waals surface area contributed by atoms with Crippen molar-refractivity contribution in [3.8, 4) is 0 Å². The number of hydrogen-bond donors (Lipinski definition) is 1. The van der Waals surface area contributed by atoms with Crippen molar-refractivity contribution < 1.29 is 4.79 Å². The first-order chi connectivity index (χ1) is 13.1. The third-order valence-electron chi connectivity index (χ3n) is 6.91. The lowest BCUT2D eigenvalue weighted by Crippen LogP contribution is -2.64. The molecule has 1 aliphatic carbocycles. The summed E-state index contributed by atoms with van der Waals surface area (Å²) in [6.45, 7) is 7.02. The van der Waals surface area contributed by atoms with Crippen molar-refractivity contribution in [1.82, 2.24) is 20.1 Å². The standard InChI is InChI=1S/C22H34N4O/c1-17(2)24-21(27)25-14-8-19(9-15-25)26-16-22(10-4-3-5-11-22)20(26)18-6-12-23-13-7-18/h6-7,12-13,17,19-20H,3-5,8-11,14-16H2,1-2H3,(H,24,27). The van der Waals surface area contributed by atoms with Gasteiger partial charge < -0.3 is 10.2 Å². The maximum atomic E-state index is 12.3. The molecule has 1 saturated carbocycles. The number of carbonyl (C=O) groups is 1. The Morgan fingerprint density at radius 3 is 2.44 bits per heavy atom. The molecule has 2 amide bonds. The maximum absolute atomic E-state index is 12.3. The highest BCUT2D eigenvalue weighted by molar-refractivity contribution is 5.74. The van der Waals surface area contributed by atoms with Crippen LogP contribution in [-0.2, 0) is 0 Å². The van der Waals surface area contributed by atoms with Gasteiger partial charge >= 0.3 is 6.03 Å². The van der Waals surface area contributed by atoms with Crippen LogP contribution in [0.1, 0.15) is 70.4 Å². The highest BCUT2D eigenvalue weighted by atomic mass is 16.2. The minimum absolute atomic E-state index is 0.0986. The van der Waals surface area contributed by atoms with Crippen LogP contribution in [0.15, 0.2) is 24.5 Å². The lowest BCUT2D eigenvalue weighted by Gasteiger charge is -2.63. The molecule has 1 N–H and O–H groups in total. The van der Waals surface area contributed by atoms with Crippen LogP contribution in [-0.4, -0.2) is 52.5 Å². The monoisotopic (exact) mass is 370 g/mol. The first kappa shape index (κ1) is 18.7. The van der Waals surface area contributed by atoms with Gasteiger partial charge in [0.2, 0.25) is 0 Å². The summed E-state index contributed by atoms with van der Waals surface area (Å²) in [4.78, 5) is 21.3. The molecule has 2 aliphatic heterocycles. The van der Waals surface area contributed by atoms with E-state index in [1.807, 2.05) is 31.1 Å². The molecule has 148 valence electrons. The van der Waals surface area contributed by atoms with E-state index in [1.54, 1.807) is 0 Å². The maximum Gasteiger partial charge on any atom is 0.317 e. The normalized spacial score (nSPS) is 26.2. The molecule has 1 aromatic heterocycles. The second kappa shape index (κ2) is 7.78. The van der Waals surface area contributed by atoms with Gasteiger partial charge in [-0.05, 0) is 57.2 Å². The van der Waals surface area contributed by atoms with E-state index in [2.05, 4.69) is 27.3 Å². The zero-order chi connectivity index (χ0) is 18.9. The van der Waals surface area contributed by atoms with Crippen LogP contribution in [0.2, 0.25) is 0 Å². The summed E-state index contributed by atoms with van der Waals surface area (Å²) < 4.78 is 0. The first-order valence-corrected chi connectivity index (χ1v) is 10.8. The number of carbonyl (C=O) groups excluding carboxylic acids is 1. The SMILES string of the molecule is CC(C)NC(=O)N1CCC(N2CC3(CCCCC3)C2c2ccncc2)CC1. The summed E-state index contributed by atoms with van der Waals surface area (Å²) in [7, 11) is 0. The van der Waals surface area contributed by atoms with Gasteiger partial charge in [0.15, 0.2) is 0 Å². The van der Waals surface area contributed by atoms with Gasteiger partial charge in [-0.1, -0.05) is 19.3 Å². The van der Waals surface area contributed by atoms with Crippen LogP contribution in [0, 0.1) is 5.41 Å². The van der Waals surface area contributed by atoms with Crippen LogP contribution in [0.25, 0.3) is 0 Å². The Labute approximate surface area is 163 Å². The average Bonchev–Trinajstić information content (AvgIpc) is 2.67. The van der Waals surface area contributed by atoms with Gasteiger partial charge in [-0.3, -0.25) is 9.88 Å². The highest BCUT2D eigenvalue weighted by Crippen LogP contribution is 2.58. The van der Waals surface area contributed by atoms with Gasteiger partial charge in [0.05, 0.1) is 0 Å². The van der Waals surface area contributed by atoms with Crippen LogP contribution >= 0.6 is 0 Å². The van der Waals surface area contributed by atoms with Crippen LogP contribution in [0.5, 0.6) is 0 Å². The van der Waals surface area contributed by atoms with E-state index >= 15 is 0 Å². The van der Waals surface area contributed by atoms with Crippen molar-refractivity contribution in [3.05, 3.63) is 30.1 Å². The van der Waals surface area contributed by atoms with Gasteiger partial charge in [0.1, 0.15) is 0 Å². The van der Waals surface area contributed by atoms with E-state index in [1.165, 1.54) is 44.2 Å². The molecule has 0 aromatic carbocycles. The van der Waals surface area contributed by atoms with E-state index in [0.29, 0.717) is 17.5 Å². The van der Waals surface area contributed by atoms with Crippen LogP contribution in [0.4, 0.5) is 4.79 Å². The molecular formula is C22H34N4O. The summed E-state index contributed by atoms with van der Waals surface area (Å²) in [6, 6.07) is 5.88. The molecule has 1 atom stereocenters. The van der Waals surface area contributed by atoms with Gasteiger partial charge in [-0.25, -0.2) is 4.79 Å².